The molecule has 26 heteroatoms. The maximum Gasteiger partial charge on any atom is 0.313 e. The quantitative estimate of drug-likeness (QED) is 0.0712. The minimum atomic E-state index is -5.70. The van der Waals surface area contributed by atoms with E-state index in [0.29, 0.717) is 11.4 Å². The van der Waals surface area contributed by atoms with Crippen LogP contribution in [0, 0.1) is 0 Å². The molecule has 0 spiro atoms. The van der Waals surface area contributed by atoms with Gasteiger partial charge in [-0.1, -0.05) is 16.6 Å². The number of H-pyrrole nitrogens is 1. The summed E-state index contributed by atoms with van der Waals surface area (Å²) in [6.45, 7) is 1.94. The predicted molar refractivity (Wildman–Crippen MR) is 160 cm³/mol. The van der Waals surface area contributed by atoms with E-state index in [1.807, 2.05) is 0 Å². The lowest BCUT2D eigenvalue weighted by Crippen LogP contribution is -2.47. The molecule has 0 radical (unpaired) electrons. The number of anilines is 1. The summed E-state index contributed by atoms with van der Waals surface area (Å²) in [5.41, 5.74) is 12.0. The van der Waals surface area contributed by atoms with Gasteiger partial charge in [-0.25, -0.2) is 13.4 Å². The fourth-order valence-corrected chi connectivity index (χ4v) is 7.98. The molecule has 3 aromatic rings. The molecule has 9 N–H and O–H groups in total. The third-order valence-corrected chi connectivity index (χ3v) is 10.7. The fourth-order valence-electron chi connectivity index (χ4n) is 5.97. The van der Waals surface area contributed by atoms with Gasteiger partial charge in [-0.3, -0.25) is 28.0 Å². The van der Waals surface area contributed by atoms with Crippen molar-refractivity contribution in [1.82, 2.24) is 24.4 Å². The molecule has 0 amide bonds. The van der Waals surface area contributed by atoms with E-state index in [1.165, 1.54) is 33.5 Å². The Bertz CT molecular complexity index is 2020. The molecule has 6 heterocycles. The summed E-state index contributed by atoms with van der Waals surface area (Å²) in [7, 11) is -6.96. The Morgan fingerprint density at radius 3 is 2.24 bits per heavy atom. The Morgan fingerprint density at radius 2 is 1.60 bits per heavy atom. The number of nitrogens with zero attached hydrogens (tertiary/aromatic N) is 6. The summed E-state index contributed by atoms with van der Waals surface area (Å²) in [6, 6.07) is 0. The number of ether oxygens (including phenoxy) is 3. The molecular weight excluding hydrogens is 714 g/mol. The lowest BCUT2D eigenvalue weighted by Gasteiger charge is -2.31. The second kappa shape index (κ2) is 13.2. The average Bonchev–Trinajstić information content (AvgIpc) is 3.71. The first-order chi connectivity index (χ1) is 23.4. The second-order valence-electron chi connectivity index (χ2n) is 11.5. The van der Waals surface area contributed by atoms with E-state index in [-0.39, 0.29) is 28.9 Å². The lowest BCUT2D eigenvalue weighted by atomic mass is 10.1. The second-order valence-corrected chi connectivity index (χ2v) is 14.5. The SMILES string of the molecule is C=C1NC(N)=Nc2c1n(C)c[n+]2[C@@H]1O[C@H](COP(=O)([O-])OP(=O)([O-])OC[C@H]2O[C@@H]([n+]3cn(C)c4c(=O)[nH]c(N)nc43)[C@H](OC)[C@@H]2O)[C@@H](O)[C@H]1O. The summed E-state index contributed by atoms with van der Waals surface area (Å²) < 4.78 is 61.1. The van der Waals surface area contributed by atoms with Crippen LogP contribution in [-0.2, 0) is 50.8 Å². The van der Waals surface area contributed by atoms with E-state index >= 15 is 0 Å². The van der Waals surface area contributed by atoms with Gasteiger partial charge in [-0.2, -0.15) is 0 Å². The number of fused-ring (bicyclic) bond motifs is 2. The number of hydrogen-bond acceptors (Lipinski definition) is 19. The topological polar surface area (TPSA) is 336 Å². The van der Waals surface area contributed by atoms with Gasteiger partial charge < -0.3 is 65.1 Å². The number of nitrogen functional groups attached to an aromatic ring is 1. The smallest absolute Gasteiger partial charge is 0.313 e. The number of hydrogen-bond donors (Lipinski definition) is 7. The Kier molecular flexibility index (Phi) is 9.54. The fraction of sp³-hybridized carbons (Fsp3) is 0.542. The van der Waals surface area contributed by atoms with E-state index < -0.39 is 83.5 Å². The van der Waals surface area contributed by atoms with Crippen LogP contribution >= 0.6 is 15.6 Å². The number of aromatic nitrogens is 6. The monoisotopic (exact) mass is 748 g/mol. The number of phosphoric ester groups is 2. The maximum absolute atomic E-state index is 12.5. The van der Waals surface area contributed by atoms with Gasteiger partial charge in [0.15, 0.2) is 18.3 Å². The van der Waals surface area contributed by atoms with Crippen molar-refractivity contribution in [1.29, 1.82) is 0 Å². The van der Waals surface area contributed by atoms with Crippen LogP contribution in [0.25, 0.3) is 16.9 Å². The van der Waals surface area contributed by atoms with E-state index in [4.69, 9.17) is 30.2 Å². The van der Waals surface area contributed by atoms with Crippen molar-refractivity contribution >= 4 is 50.2 Å². The minimum absolute atomic E-state index is 0.000760. The number of imidazole rings is 2. The zero-order valence-electron chi connectivity index (χ0n) is 26.5. The Morgan fingerprint density at radius 1 is 1.00 bits per heavy atom. The molecule has 0 bridgehead atoms. The number of methoxy groups -OCH3 is 1. The zero-order valence-corrected chi connectivity index (χ0v) is 28.2. The summed E-state index contributed by atoms with van der Waals surface area (Å²) in [4.78, 5) is 48.1. The molecule has 3 aliphatic heterocycles. The standard InChI is InChI=1S/C24H34N10O14P2/c1-9-12-18(28-23(25)27-9)33(7-31(12)2)21-16(37)14(35)10(46-21)5-44-49(39,40)48-50(41,42)45-6-11-15(36)17(43-4)22(47-11)34-8-32(3)13-19(34)29-24(26)30-20(13)38/h7-8,10-11,14-17,21-22,35-37H,1,5-6H2,2-4H3,(H6-2,25,26,27,28,29,30,38,39,40,41,42)/t10-,11-,14-,15-,16-,17-,21-,22-/m1/s1. The van der Waals surface area contributed by atoms with Crippen LogP contribution in [-0.4, -0.2) is 97.3 Å². The van der Waals surface area contributed by atoms with Gasteiger partial charge in [0.05, 0.1) is 33.0 Å². The first-order valence-electron chi connectivity index (χ1n) is 14.6. The van der Waals surface area contributed by atoms with Crippen molar-refractivity contribution in [2.24, 2.45) is 24.8 Å². The van der Waals surface area contributed by atoms with Gasteiger partial charge in [0.2, 0.25) is 18.0 Å². The molecule has 0 saturated carbocycles. The highest BCUT2D eigenvalue weighted by atomic mass is 31.3. The number of rotatable bonds is 11. The molecule has 24 nitrogen and oxygen atoms in total. The number of phosphoric acid groups is 2. The van der Waals surface area contributed by atoms with Gasteiger partial charge in [-0.05, 0) is 0 Å². The third-order valence-electron chi connectivity index (χ3n) is 8.15. The largest absolute Gasteiger partial charge is 0.756 e. The van der Waals surface area contributed by atoms with Crippen molar-refractivity contribution < 1.29 is 70.9 Å². The average molecular weight is 749 g/mol. The van der Waals surface area contributed by atoms with E-state index in [9.17, 15) is 39.0 Å². The molecule has 2 unspecified atom stereocenters. The molecule has 2 saturated heterocycles. The van der Waals surface area contributed by atoms with E-state index in [2.05, 4.69) is 35.7 Å². The summed E-state index contributed by atoms with van der Waals surface area (Å²) in [6.07, 6.45) is -8.44. The van der Waals surface area contributed by atoms with Crippen LogP contribution in [0.2, 0.25) is 0 Å². The third kappa shape index (κ3) is 6.62. The van der Waals surface area contributed by atoms with Crippen LogP contribution in [0.5, 0.6) is 0 Å². The molecule has 10 atom stereocenters. The number of guanidine groups is 1. The number of nitrogens with one attached hydrogen (secondary N) is 2. The molecule has 3 aliphatic rings. The molecular formula is C24H34N10O14P2. The predicted octanol–water partition coefficient (Wildman–Crippen LogP) is -5.14. The number of aliphatic hydroxyl groups excluding tert-OH is 3. The molecule has 3 aromatic heterocycles. The van der Waals surface area contributed by atoms with Crippen LogP contribution in [0.3, 0.4) is 0 Å². The van der Waals surface area contributed by atoms with Crippen molar-refractivity contribution in [3.63, 3.8) is 0 Å². The number of aliphatic imine (C=N–C) groups is 1. The number of aryl methyl sites for hydroxylation is 2. The highest BCUT2D eigenvalue weighted by Gasteiger charge is 2.50. The molecule has 0 aromatic carbocycles. The van der Waals surface area contributed by atoms with E-state index in [0.717, 1.165) is 0 Å². The number of aromatic amines is 1. The van der Waals surface area contributed by atoms with Crippen molar-refractivity contribution in [2.75, 3.05) is 26.1 Å². The Labute approximate surface area is 280 Å². The van der Waals surface area contributed by atoms with Crippen molar-refractivity contribution in [3.8, 4) is 0 Å². The summed E-state index contributed by atoms with van der Waals surface area (Å²) in [5, 5.41) is 34.9. The van der Waals surface area contributed by atoms with E-state index in [1.54, 1.807) is 18.7 Å². The van der Waals surface area contributed by atoms with Crippen molar-refractivity contribution in [3.05, 3.63) is 35.3 Å². The molecule has 0 aliphatic carbocycles. The van der Waals surface area contributed by atoms with Crippen LogP contribution < -0.4 is 41.3 Å². The van der Waals surface area contributed by atoms with Crippen LogP contribution in [0.1, 0.15) is 18.1 Å². The maximum atomic E-state index is 12.5. The van der Waals surface area contributed by atoms with Gasteiger partial charge in [-0.15, -0.1) is 0 Å². The number of nitrogens with two attached hydrogens (primary N) is 2. The minimum Gasteiger partial charge on any atom is -0.756 e. The van der Waals surface area contributed by atoms with Crippen LogP contribution in [0.4, 0.5) is 11.8 Å². The van der Waals surface area contributed by atoms with Crippen LogP contribution in [0.15, 0.2) is 29.0 Å². The first-order valence-corrected chi connectivity index (χ1v) is 17.5. The Balaban J connectivity index is 1.08. The highest BCUT2D eigenvalue weighted by molar-refractivity contribution is 7.59. The van der Waals surface area contributed by atoms with Gasteiger partial charge >= 0.3 is 11.5 Å². The molecule has 6 rings (SSSR count). The summed E-state index contributed by atoms with van der Waals surface area (Å²) in [5.74, 6) is 0.0216. The van der Waals surface area contributed by atoms with Gasteiger partial charge in [0.1, 0.15) is 36.6 Å². The van der Waals surface area contributed by atoms with Gasteiger partial charge in [0.25, 0.3) is 33.1 Å². The lowest BCUT2D eigenvalue weighted by molar-refractivity contribution is -0.754. The van der Waals surface area contributed by atoms with Crippen molar-refractivity contribution in [2.45, 2.75) is 49.1 Å². The molecule has 50 heavy (non-hydrogen) atoms. The summed E-state index contributed by atoms with van der Waals surface area (Å²) >= 11 is 0. The number of aliphatic hydroxyl groups is 3. The Hall–Kier alpha value is -3.61. The van der Waals surface area contributed by atoms with Gasteiger partial charge in [0, 0.05) is 7.11 Å². The zero-order chi connectivity index (χ0) is 36.4. The molecule has 274 valence electrons. The first kappa shape index (κ1) is 36.2. The highest BCUT2D eigenvalue weighted by Crippen LogP contribution is 2.56. The molecule has 2 fully saturated rings. The normalized spacial score (nSPS) is 30.6.